The third-order valence-corrected chi connectivity index (χ3v) is 2.83. The van der Waals surface area contributed by atoms with Crippen LogP contribution in [0.5, 0.6) is 5.75 Å². The summed E-state index contributed by atoms with van der Waals surface area (Å²) in [5.74, 6) is 0.834. The van der Waals surface area contributed by atoms with Crippen LogP contribution < -0.4 is 21.1 Å². The number of amides is 2. The second-order valence-corrected chi connectivity index (χ2v) is 4.43. The molecule has 0 aliphatic rings. The Balaban J connectivity index is 2.81. The van der Waals surface area contributed by atoms with Gasteiger partial charge in [0.15, 0.2) is 5.96 Å². The molecular formula is C14H22N4O2. The van der Waals surface area contributed by atoms with Gasteiger partial charge in [0.2, 0.25) is 0 Å². The summed E-state index contributed by atoms with van der Waals surface area (Å²) in [5, 5.41) is 5.26. The summed E-state index contributed by atoms with van der Waals surface area (Å²) in [7, 11) is 1.59. The fraction of sp³-hybridized carbons (Fsp3) is 0.429. The smallest absolute Gasteiger partial charge is 0.326 e. The molecule has 20 heavy (non-hydrogen) atoms. The Morgan fingerprint density at radius 1 is 1.40 bits per heavy atom. The van der Waals surface area contributed by atoms with Crippen LogP contribution in [-0.2, 0) is 0 Å². The molecule has 6 heteroatoms. The molecule has 4 N–H and O–H groups in total. The number of benzene rings is 1. The van der Waals surface area contributed by atoms with Gasteiger partial charge in [-0.2, -0.15) is 0 Å². The maximum Gasteiger partial charge on any atom is 0.326 e. The highest BCUT2D eigenvalue weighted by Crippen LogP contribution is 2.28. The van der Waals surface area contributed by atoms with E-state index in [0.29, 0.717) is 12.2 Å². The lowest BCUT2D eigenvalue weighted by atomic mass is 10.1. The average molecular weight is 278 g/mol. The van der Waals surface area contributed by atoms with Crippen molar-refractivity contribution in [1.29, 1.82) is 0 Å². The molecule has 6 nitrogen and oxygen atoms in total. The van der Waals surface area contributed by atoms with Crippen molar-refractivity contribution >= 4 is 17.7 Å². The summed E-state index contributed by atoms with van der Waals surface area (Å²) in [4.78, 5) is 15.9. The summed E-state index contributed by atoms with van der Waals surface area (Å²) in [6, 6.07) is 3.34. The predicted molar refractivity (Wildman–Crippen MR) is 81.4 cm³/mol. The van der Waals surface area contributed by atoms with E-state index in [0.717, 1.165) is 23.3 Å². The van der Waals surface area contributed by atoms with E-state index in [1.807, 2.05) is 32.9 Å². The number of guanidine groups is 1. The second kappa shape index (κ2) is 7.37. The van der Waals surface area contributed by atoms with Gasteiger partial charge in [-0.05, 0) is 31.9 Å². The lowest BCUT2D eigenvalue weighted by Gasteiger charge is -2.15. The first-order chi connectivity index (χ1) is 9.49. The zero-order valence-electron chi connectivity index (χ0n) is 12.4. The molecule has 1 rings (SSSR count). The van der Waals surface area contributed by atoms with Crippen LogP contribution in [-0.4, -0.2) is 25.6 Å². The van der Waals surface area contributed by atoms with Crippen LogP contribution in [0.2, 0.25) is 0 Å². The molecule has 0 fully saturated rings. The van der Waals surface area contributed by atoms with Gasteiger partial charge in [-0.3, -0.25) is 10.3 Å². The molecule has 0 spiro atoms. The van der Waals surface area contributed by atoms with Gasteiger partial charge < -0.3 is 15.8 Å². The predicted octanol–water partition coefficient (Wildman–Crippen LogP) is 2.16. The fourth-order valence-corrected chi connectivity index (χ4v) is 1.77. The highest BCUT2D eigenvalue weighted by atomic mass is 16.5. The Labute approximate surface area is 119 Å². The number of urea groups is 1. The number of carbonyl (C=O) groups excluding carboxylic acids is 1. The summed E-state index contributed by atoms with van der Waals surface area (Å²) in [5.41, 5.74) is 8.13. The number of methoxy groups -OCH3 is 1. The van der Waals surface area contributed by atoms with Crippen LogP contribution in [0.4, 0.5) is 10.5 Å². The number of rotatable bonds is 4. The van der Waals surface area contributed by atoms with Gasteiger partial charge in [-0.25, -0.2) is 4.79 Å². The standard InChI is InChI=1S/C14H22N4O2/c1-5-8-16-13(15)18-14(19)17-12-9(2)6-7-11(20-4)10(12)3/h6-7H,5,8H2,1-4H3,(H4,15,16,17,18,19). The lowest BCUT2D eigenvalue weighted by Crippen LogP contribution is -2.40. The van der Waals surface area contributed by atoms with Gasteiger partial charge >= 0.3 is 6.03 Å². The molecule has 110 valence electrons. The number of carbonyl (C=O) groups is 1. The fourth-order valence-electron chi connectivity index (χ4n) is 1.77. The zero-order valence-corrected chi connectivity index (χ0v) is 12.4. The molecule has 0 radical (unpaired) electrons. The SMILES string of the molecule is CCCN=C(N)NC(=O)Nc1c(C)ccc(OC)c1C. The average Bonchev–Trinajstić information content (AvgIpc) is 2.41. The van der Waals surface area contributed by atoms with Gasteiger partial charge in [0, 0.05) is 12.1 Å². The van der Waals surface area contributed by atoms with E-state index in [4.69, 9.17) is 10.5 Å². The number of anilines is 1. The van der Waals surface area contributed by atoms with E-state index in [-0.39, 0.29) is 5.96 Å². The first kappa shape index (κ1) is 15.8. The van der Waals surface area contributed by atoms with Crippen molar-refractivity contribution in [3.8, 4) is 5.75 Å². The Bertz CT molecular complexity index is 512. The summed E-state index contributed by atoms with van der Waals surface area (Å²) in [6.45, 7) is 6.37. The first-order valence-corrected chi connectivity index (χ1v) is 6.51. The summed E-state index contributed by atoms with van der Waals surface area (Å²) in [6.07, 6.45) is 0.873. The number of nitrogens with one attached hydrogen (secondary N) is 2. The molecule has 1 aromatic carbocycles. The molecule has 1 aromatic rings. The Kier molecular flexibility index (Phi) is 5.83. The Hall–Kier alpha value is -2.24. The number of ether oxygens (including phenoxy) is 1. The molecule has 0 aliphatic carbocycles. The highest BCUT2D eigenvalue weighted by molar-refractivity contribution is 6.02. The van der Waals surface area contributed by atoms with Gasteiger partial charge in [0.25, 0.3) is 0 Å². The number of nitrogens with zero attached hydrogens (tertiary/aromatic N) is 1. The molecule has 0 aromatic heterocycles. The number of hydrogen-bond acceptors (Lipinski definition) is 3. The topological polar surface area (TPSA) is 88.7 Å². The van der Waals surface area contributed by atoms with E-state index >= 15 is 0 Å². The molecule has 0 saturated carbocycles. The van der Waals surface area contributed by atoms with Gasteiger partial charge in [-0.1, -0.05) is 13.0 Å². The van der Waals surface area contributed by atoms with Crippen molar-refractivity contribution in [3.05, 3.63) is 23.3 Å². The quantitative estimate of drug-likeness (QED) is 0.582. The van der Waals surface area contributed by atoms with Crippen LogP contribution in [0, 0.1) is 13.8 Å². The third kappa shape index (κ3) is 4.15. The monoisotopic (exact) mass is 278 g/mol. The molecule has 0 heterocycles. The largest absolute Gasteiger partial charge is 0.496 e. The van der Waals surface area contributed by atoms with Crippen LogP contribution in [0.25, 0.3) is 0 Å². The normalized spacial score (nSPS) is 11.1. The molecule has 0 saturated heterocycles. The van der Waals surface area contributed by atoms with Gasteiger partial charge in [-0.15, -0.1) is 0 Å². The number of aliphatic imine (C=N–C) groups is 1. The van der Waals surface area contributed by atoms with Crippen molar-refractivity contribution in [2.45, 2.75) is 27.2 Å². The van der Waals surface area contributed by atoms with E-state index in [2.05, 4.69) is 15.6 Å². The maximum atomic E-state index is 11.9. The molecular weight excluding hydrogens is 256 g/mol. The van der Waals surface area contributed by atoms with Crippen molar-refractivity contribution in [2.75, 3.05) is 19.0 Å². The van der Waals surface area contributed by atoms with E-state index in [1.165, 1.54) is 0 Å². The van der Waals surface area contributed by atoms with E-state index in [1.54, 1.807) is 7.11 Å². The minimum absolute atomic E-state index is 0.113. The maximum absolute atomic E-state index is 11.9. The second-order valence-electron chi connectivity index (χ2n) is 4.43. The lowest BCUT2D eigenvalue weighted by molar-refractivity contribution is 0.256. The van der Waals surface area contributed by atoms with Gasteiger partial charge in [0.05, 0.1) is 12.8 Å². The highest BCUT2D eigenvalue weighted by Gasteiger charge is 2.11. The van der Waals surface area contributed by atoms with Crippen LogP contribution >= 0.6 is 0 Å². The summed E-state index contributed by atoms with van der Waals surface area (Å²) >= 11 is 0. The van der Waals surface area contributed by atoms with E-state index < -0.39 is 6.03 Å². The van der Waals surface area contributed by atoms with Crippen molar-refractivity contribution in [1.82, 2.24) is 5.32 Å². The summed E-state index contributed by atoms with van der Waals surface area (Å²) < 4.78 is 5.24. The Morgan fingerprint density at radius 2 is 2.10 bits per heavy atom. The molecule has 0 unspecified atom stereocenters. The molecule has 2 amide bonds. The van der Waals surface area contributed by atoms with Crippen LogP contribution in [0.1, 0.15) is 24.5 Å². The third-order valence-electron chi connectivity index (χ3n) is 2.83. The number of aryl methyl sites for hydroxylation is 1. The minimum Gasteiger partial charge on any atom is -0.496 e. The first-order valence-electron chi connectivity index (χ1n) is 6.51. The number of nitrogens with two attached hydrogens (primary N) is 1. The van der Waals surface area contributed by atoms with Crippen molar-refractivity contribution < 1.29 is 9.53 Å². The number of hydrogen-bond donors (Lipinski definition) is 3. The molecule has 0 bridgehead atoms. The van der Waals surface area contributed by atoms with Crippen LogP contribution in [0.15, 0.2) is 17.1 Å². The van der Waals surface area contributed by atoms with E-state index in [9.17, 15) is 4.79 Å². The molecule has 0 atom stereocenters. The van der Waals surface area contributed by atoms with Crippen molar-refractivity contribution in [2.24, 2.45) is 10.7 Å². The Morgan fingerprint density at radius 3 is 2.70 bits per heavy atom. The van der Waals surface area contributed by atoms with Crippen molar-refractivity contribution in [3.63, 3.8) is 0 Å². The molecule has 0 aliphatic heterocycles. The van der Waals surface area contributed by atoms with Crippen LogP contribution in [0.3, 0.4) is 0 Å². The van der Waals surface area contributed by atoms with Gasteiger partial charge in [0.1, 0.15) is 5.75 Å². The minimum atomic E-state index is -0.415. The zero-order chi connectivity index (χ0) is 15.1.